The molecule has 0 bridgehead atoms. The molecule has 1 heterocycles. The summed E-state index contributed by atoms with van der Waals surface area (Å²) in [5.41, 5.74) is 1.01. The summed E-state index contributed by atoms with van der Waals surface area (Å²) >= 11 is 0. The standard InChI is InChI=1S/C14H16FN3.2ClH/c1-2-14(18-7-5-17-6-8-18)11-3-4-13(15)12(9-11)10-16;;/h2-4,9,14,17H,1,5-8H2;2*1H/t14-;;/m0../s1. The first kappa shape index (κ1) is 18.9. The minimum Gasteiger partial charge on any atom is -0.314 e. The third-order valence-electron chi connectivity index (χ3n) is 3.22. The van der Waals surface area contributed by atoms with Crippen molar-refractivity contribution in [3.05, 3.63) is 47.8 Å². The van der Waals surface area contributed by atoms with Gasteiger partial charge in [0, 0.05) is 26.2 Å². The number of nitrogens with one attached hydrogen (secondary N) is 1. The summed E-state index contributed by atoms with van der Waals surface area (Å²) in [6, 6.07) is 6.61. The lowest BCUT2D eigenvalue weighted by Crippen LogP contribution is -2.44. The molecular formula is C14H18Cl2FN3. The summed E-state index contributed by atoms with van der Waals surface area (Å²) in [5, 5.41) is 12.2. The molecule has 20 heavy (non-hydrogen) atoms. The van der Waals surface area contributed by atoms with Gasteiger partial charge in [0.1, 0.15) is 11.9 Å². The van der Waals surface area contributed by atoms with Gasteiger partial charge >= 0.3 is 0 Å². The zero-order chi connectivity index (χ0) is 13.0. The second-order valence-corrected chi connectivity index (χ2v) is 4.32. The van der Waals surface area contributed by atoms with Gasteiger partial charge in [-0.3, -0.25) is 4.90 Å². The van der Waals surface area contributed by atoms with Crippen LogP contribution in [-0.2, 0) is 0 Å². The van der Waals surface area contributed by atoms with Crippen molar-refractivity contribution in [2.45, 2.75) is 6.04 Å². The monoisotopic (exact) mass is 317 g/mol. The van der Waals surface area contributed by atoms with Crippen LogP contribution in [0.4, 0.5) is 4.39 Å². The molecular weight excluding hydrogens is 300 g/mol. The normalized spacial score (nSPS) is 16.2. The lowest BCUT2D eigenvalue weighted by molar-refractivity contribution is 0.203. The molecule has 1 aliphatic heterocycles. The summed E-state index contributed by atoms with van der Waals surface area (Å²) < 4.78 is 13.3. The molecule has 3 nitrogen and oxygen atoms in total. The average Bonchev–Trinajstić information content (AvgIpc) is 2.42. The highest BCUT2D eigenvalue weighted by atomic mass is 35.5. The maximum atomic E-state index is 13.3. The molecule has 1 fully saturated rings. The second-order valence-electron chi connectivity index (χ2n) is 4.32. The van der Waals surface area contributed by atoms with E-state index in [1.54, 1.807) is 12.1 Å². The van der Waals surface area contributed by atoms with E-state index in [9.17, 15) is 4.39 Å². The molecule has 0 amide bonds. The van der Waals surface area contributed by atoms with Crippen LogP contribution in [0.5, 0.6) is 0 Å². The number of nitriles is 1. The molecule has 1 atom stereocenters. The zero-order valence-corrected chi connectivity index (χ0v) is 12.6. The van der Waals surface area contributed by atoms with E-state index in [0.29, 0.717) is 0 Å². The minimum absolute atomic E-state index is 0. The van der Waals surface area contributed by atoms with Crippen LogP contribution in [0.15, 0.2) is 30.9 Å². The first-order valence-corrected chi connectivity index (χ1v) is 6.03. The van der Waals surface area contributed by atoms with E-state index < -0.39 is 5.82 Å². The second kappa shape index (κ2) is 8.93. The van der Waals surface area contributed by atoms with Gasteiger partial charge in [-0.15, -0.1) is 31.4 Å². The molecule has 0 unspecified atom stereocenters. The van der Waals surface area contributed by atoms with Gasteiger partial charge in [-0.05, 0) is 17.7 Å². The van der Waals surface area contributed by atoms with Crippen molar-refractivity contribution in [2.24, 2.45) is 0 Å². The summed E-state index contributed by atoms with van der Waals surface area (Å²) in [7, 11) is 0. The fourth-order valence-corrected chi connectivity index (χ4v) is 2.27. The first-order chi connectivity index (χ1) is 8.76. The van der Waals surface area contributed by atoms with Gasteiger partial charge in [-0.25, -0.2) is 4.39 Å². The fraction of sp³-hybridized carbons (Fsp3) is 0.357. The Morgan fingerprint density at radius 1 is 1.35 bits per heavy atom. The molecule has 0 aromatic heterocycles. The van der Waals surface area contributed by atoms with E-state index in [1.165, 1.54) is 6.07 Å². The molecule has 1 aliphatic rings. The number of nitrogens with zero attached hydrogens (tertiary/aromatic N) is 2. The number of benzene rings is 1. The van der Waals surface area contributed by atoms with Crippen molar-refractivity contribution in [3.63, 3.8) is 0 Å². The molecule has 110 valence electrons. The lowest BCUT2D eigenvalue weighted by atomic mass is 10.0. The number of piperazine rings is 1. The van der Waals surface area contributed by atoms with Crippen LogP contribution in [0.1, 0.15) is 17.2 Å². The lowest BCUT2D eigenvalue weighted by Gasteiger charge is -2.33. The Bertz CT molecular complexity index is 482. The Hall–Kier alpha value is -1.12. The van der Waals surface area contributed by atoms with Gasteiger partial charge in [-0.2, -0.15) is 5.26 Å². The number of halogens is 3. The van der Waals surface area contributed by atoms with Crippen LogP contribution in [0.3, 0.4) is 0 Å². The average molecular weight is 318 g/mol. The highest BCUT2D eigenvalue weighted by molar-refractivity contribution is 5.85. The SMILES string of the molecule is C=C[C@@H](c1ccc(F)c(C#N)c1)N1CCNCC1.Cl.Cl. The number of hydrogen-bond donors (Lipinski definition) is 1. The van der Waals surface area contributed by atoms with Crippen molar-refractivity contribution in [2.75, 3.05) is 26.2 Å². The molecule has 6 heteroatoms. The predicted octanol–water partition coefficient (Wildman–Crippen LogP) is 2.67. The van der Waals surface area contributed by atoms with Gasteiger partial charge in [-0.1, -0.05) is 12.1 Å². The molecule has 0 spiro atoms. The van der Waals surface area contributed by atoms with E-state index in [0.717, 1.165) is 31.7 Å². The van der Waals surface area contributed by atoms with Crippen LogP contribution in [-0.4, -0.2) is 31.1 Å². The molecule has 1 saturated heterocycles. The number of rotatable bonds is 3. The van der Waals surface area contributed by atoms with Crippen LogP contribution in [0.25, 0.3) is 0 Å². The fourth-order valence-electron chi connectivity index (χ4n) is 2.27. The van der Waals surface area contributed by atoms with Crippen molar-refractivity contribution in [3.8, 4) is 6.07 Å². The van der Waals surface area contributed by atoms with Crippen molar-refractivity contribution in [1.82, 2.24) is 10.2 Å². The molecule has 1 aromatic carbocycles. The van der Waals surface area contributed by atoms with E-state index in [2.05, 4.69) is 16.8 Å². The zero-order valence-electron chi connectivity index (χ0n) is 11.0. The third kappa shape index (κ3) is 4.19. The highest BCUT2D eigenvalue weighted by Crippen LogP contribution is 2.24. The molecule has 2 rings (SSSR count). The van der Waals surface area contributed by atoms with Crippen LogP contribution in [0, 0.1) is 17.1 Å². The largest absolute Gasteiger partial charge is 0.314 e. The van der Waals surface area contributed by atoms with E-state index >= 15 is 0 Å². The van der Waals surface area contributed by atoms with E-state index in [-0.39, 0.29) is 36.4 Å². The summed E-state index contributed by atoms with van der Waals surface area (Å²) in [6.45, 7) is 7.59. The Balaban J connectivity index is 0.00000180. The Kier molecular flexibility index (Phi) is 8.43. The Morgan fingerprint density at radius 2 is 2.00 bits per heavy atom. The highest BCUT2D eigenvalue weighted by Gasteiger charge is 2.20. The smallest absolute Gasteiger partial charge is 0.140 e. The Labute approximate surface area is 131 Å². The molecule has 1 aromatic rings. The first-order valence-electron chi connectivity index (χ1n) is 6.03. The maximum absolute atomic E-state index is 13.3. The quantitative estimate of drug-likeness (QED) is 0.871. The van der Waals surface area contributed by atoms with E-state index in [1.807, 2.05) is 12.1 Å². The van der Waals surface area contributed by atoms with Crippen LogP contribution >= 0.6 is 24.8 Å². The topological polar surface area (TPSA) is 39.1 Å². The van der Waals surface area contributed by atoms with Gasteiger partial charge < -0.3 is 5.32 Å². The van der Waals surface area contributed by atoms with E-state index in [4.69, 9.17) is 5.26 Å². The van der Waals surface area contributed by atoms with Gasteiger partial charge in [0.15, 0.2) is 0 Å². The van der Waals surface area contributed by atoms with Crippen molar-refractivity contribution < 1.29 is 4.39 Å². The van der Waals surface area contributed by atoms with Crippen LogP contribution in [0.2, 0.25) is 0 Å². The van der Waals surface area contributed by atoms with Gasteiger partial charge in [0.05, 0.1) is 11.6 Å². The third-order valence-corrected chi connectivity index (χ3v) is 3.22. The predicted molar refractivity (Wildman–Crippen MR) is 83.0 cm³/mol. The minimum atomic E-state index is -0.468. The Morgan fingerprint density at radius 3 is 2.55 bits per heavy atom. The summed E-state index contributed by atoms with van der Waals surface area (Å²) in [6.07, 6.45) is 1.85. The summed E-state index contributed by atoms with van der Waals surface area (Å²) in [4.78, 5) is 2.28. The van der Waals surface area contributed by atoms with Gasteiger partial charge in [0.2, 0.25) is 0 Å². The summed E-state index contributed by atoms with van der Waals surface area (Å²) in [5.74, 6) is -0.468. The van der Waals surface area contributed by atoms with Crippen LogP contribution < -0.4 is 5.32 Å². The molecule has 0 aliphatic carbocycles. The molecule has 0 saturated carbocycles. The molecule has 0 radical (unpaired) electrons. The number of hydrogen-bond acceptors (Lipinski definition) is 3. The van der Waals surface area contributed by atoms with Crippen molar-refractivity contribution in [1.29, 1.82) is 5.26 Å². The van der Waals surface area contributed by atoms with Gasteiger partial charge in [0.25, 0.3) is 0 Å². The molecule has 1 N–H and O–H groups in total. The maximum Gasteiger partial charge on any atom is 0.140 e. The van der Waals surface area contributed by atoms with Crippen molar-refractivity contribution >= 4 is 24.8 Å².